The van der Waals surface area contributed by atoms with Gasteiger partial charge in [-0.25, -0.2) is 13.6 Å². The molecule has 2 rings (SSSR count). The lowest BCUT2D eigenvalue weighted by molar-refractivity contribution is 0.0818. The first kappa shape index (κ1) is 17.7. The fourth-order valence-electron chi connectivity index (χ4n) is 2.05. The summed E-state index contributed by atoms with van der Waals surface area (Å²) < 4.78 is 29.3. The van der Waals surface area contributed by atoms with Crippen molar-refractivity contribution in [2.24, 2.45) is 0 Å². The number of halogens is 2. The fraction of sp³-hybridized carbons (Fsp3) is 0.294. The zero-order valence-electron chi connectivity index (χ0n) is 13.3. The Morgan fingerprint density at radius 3 is 2.71 bits per heavy atom. The topological polar surface area (TPSA) is 54.5 Å². The van der Waals surface area contributed by atoms with Crippen LogP contribution in [0.2, 0.25) is 0 Å². The van der Waals surface area contributed by atoms with E-state index in [0.29, 0.717) is 12.3 Å². The highest BCUT2D eigenvalue weighted by atomic mass is 19.3. The number of urea groups is 1. The molecule has 7 heteroatoms. The van der Waals surface area contributed by atoms with E-state index >= 15 is 0 Å². The monoisotopic (exact) mass is 335 g/mol. The normalized spacial score (nSPS) is 10.5. The molecule has 0 aliphatic carbocycles. The summed E-state index contributed by atoms with van der Waals surface area (Å²) in [4.78, 5) is 17.6. The minimum Gasteiger partial charge on any atom is -0.488 e. The van der Waals surface area contributed by atoms with Gasteiger partial charge in [0.05, 0.1) is 0 Å². The minimum atomic E-state index is -2.52. The molecule has 0 bridgehead atoms. The van der Waals surface area contributed by atoms with E-state index in [-0.39, 0.29) is 12.6 Å². The summed E-state index contributed by atoms with van der Waals surface area (Å²) in [5.41, 5.74) is 1.75. The van der Waals surface area contributed by atoms with Gasteiger partial charge in [0.1, 0.15) is 12.4 Å². The molecule has 0 fully saturated rings. The van der Waals surface area contributed by atoms with E-state index in [9.17, 15) is 13.6 Å². The molecular weight excluding hydrogens is 316 g/mol. The van der Waals surface area contributed by atoms with Crippen molar-refractivity contribution in [3.05, 3.63) is 59.9 Å². The average molecular weight is 335 g/mol. The van der Waals surface area contributed by atoms with Crippen molar-refractivity contribution < 1.29 is 18.3 Å². The van der Waals surface area contributed by atoms with Crippen LogP contribution in [-0.2, 0) is 13.1 Å². The molecule has 0 unspecified atom stereocenters. The molecule has 0 saturated heterocycles. The number of hydrogen-bond acceptors (Lipinski definition) is 3. The van der Waals surface area contributed by atoms with E-state index in [1.165, 1.54) is 0 Å². The molecule has 2 aromatic rings. The second kappa shape index (κ2) is 8.81. The maximum absolute atomic E-state index is 12.2. The summed E-state index contributed by atoms with van der Waals surface area (Å²) in [6.07, 6.45) is 0.827. The largest absolute Gasteiger partial charge is 0.488 e. The van der Waals surface area contributed by atoms with Crippen molar-refractivity contribution in [1.29, 1.82) is 0 Å². The quantitative estimate of drug-likeness (QED) is 0.846. The third-order valence-electron chi connectivity index (χ3n) is 3.23. The Labute approximate surface area is 139 Å². The second-order valence-corrected chi connectivity index (χ2v) is 5.22. The van der Waals surface area contributed by atoms with E-state index in [1.807, 2.05) is 12.1 Å². The van der Waals surface area contributed by atoms with Crippen molar-refractivity contribution in [1.82, 2.24) is 15.2 Å². The van der Waals surface area contributed by atoms with Crippen LogP contribution in [0.5, 0.6) is 5.75 Å². The first-order valence-corrected chi connectivity index (χ1v) is 7.42. The molecule has 1 heterocycles. The van der Waals surface area contributed by atoms with Gasteiger partial charge in [-0.3, -0.25) is 4.98 Å². The number of amides is 2. The molecule has 1 N–H and O–H groups in total. The Kier molecular flexibility index (Phi) is 6.48. The number of nitrogens with zero attached hydrogens (tertiary/aromatic N) is 2. The molecule has 5 nitrogen and oxygen atoms in total. The van der Waals surface area contributed by atoms with E-state index < -0.39 is 13.0 Å². The van der Waals surface area contributed by atoms with Gasteiger partial charge in [-0.15, -0.1) is 0 Å². The summed E-state index contributed by atoms with van der Waals surface area (Å²) in [6, 6.07) is 10.2. The number of rotatable bonds is 7. The lowest BCUT2D eigenvalue weighted by Gasteiger charge is -2.18. The van der Waals surface area contributed by atoms with E-state index in [2.05, 4.69) is 10.3 Å². The Bertz CT molecular complexity index is 653. The molecule has 1 aromatic carbocycles. The van der Waals surface area contributed by atoms with Gasteiger partial charge in [-0.1, -0.05) is 12.1 Å². The molecule has 0 saturated carbocycles. The maximum atomic E-state index is 12.2. The Balaban J connectivity index is 1.83. The molecule has 24 heavy (non-hydrogen) atoms. The highest BCUT2D eigenvalue weighted by Crippen LogP contribution is 2.14. The van der Waals surface area contributed by atoms with Crippen molar-refractivity contribution in [2.45, 2.75) is 19.5 Å². The minimum absolute atomic E-state index is 0.231. The van der Waals surface area contributed by atoms with E-state index in [1.54, 1.807) is 48.6 Å². The summed E-state index contributed by atoms with van der Waals surface area (Å²) in [5.74, 6) is 0.354. The van der Waals surface area contributed by atoms with Crippen molar-refractivity contribution in [3.8, 4) is 5.75 Å². The summed E-state index contributed by atoms with van der Waals surface area (Å²) >= 11 is 0. The summed E-state index contributed by atoms with van der Waals surface area (Å²) in [7, 11) is 1.69. The molecule has 2 amide bonds. The van der Waals surface area contributed by atoms with Gasteiger partial charge in [-0.05, 0) is 35.4 Å². The number of ether oxygens (including phenoxy) is 1. The number of hydrogen-bond donors (Lipinski definition) is 1. The molecule has 0 aliphatic rings. The van der Waals surface area contributed by atoms with Gasteiger partial charge < -0.3 is 15.0 Å². The molecular formula is C17H19F2N3O2. The van der Waals surface area contributed by atoms with Crippen molar-refractivity contribution >= 4 is 6.03 Å². The van der Waals surface area contributed by atoms with Crippen LogP contribution in [0.1, 0.15) is 11.1 Å². The number of aromatic nitrogens is 1. The van der Waals surface area contributed by atoms with Crippen molar-refractivity contribution in [3.63, 3.8) is 0 Å². The molecule has 128 valence electrons. The summed E-state index contributed by atoms with van der Waals surface area (Å²) in [6.45, 7) is 0.0990. The Morgan fingerprint density at radius 2 is 2.00 bits per heavy atom. The van der Waals surface area contributed by atoms with Gasteiger partial charge >= 0.3 is 6.03 Å². The van der Waals surface area contributed by atoms with Crippen LogP contribution in [0.15, 0.2) is 48.8 Å². The zero-order chi connectivity index (χ0) is 17.4. The van der Waals surface area contributed by atoms with Crippen molar-refractivity contribution in [2.75, 3.05) is 13.7 Å². The van der Waals surface area contributed by atoms with Gasteiger partial charge in [0.25, 0.3) is 6.43 Å². The molecule has 0 radical (unpaired) electrons. The highest BCUT2D eigenvalue weighted by Gasteiger charge is 2.09. The predicted octanol–water partition coefficient (Wildman–Crippen LogP) is 3.07. The summed E-state index contributed by atoms with van der Waals surface area (Å²) in [5, 5.41) is 2.78. The van der Waals surface area contributed by atoms with E-state index in [4.69, 9.17) is 4.74 Å². The third kappa shape index (κ3) is 5.83. The number of nitrogens with one attached hydrogen (secondary N) is 1. The zero-order valence-corrected chi connectivity index (χ0v) is 13.3. The molecule has 0 spiro atoms. The molecule has 0 atom stereocenters. The van der Waals surface area contributed by atoms with Gasteiger partial charge in [0.15, 0.2) is 0 Å². The smallest absolute Gasteiger partial charge is 0.317 e. The second-order valence-electron chi connectivity index (χ2n) is 5.22. The Morgan fingerprint density at radius 1 is 1.25 bits per heavy atom. The van der Waals surface area contributed by atoms with Crippen LogP contribution in [0.4, 0.5) is 13.6 Å². The predicted molar refractivity (Wildman–Crippen MR) is 85.9 cm³/mol. The van der Waals surface area contributed by atoms with Gasteiger partial charge in [-0.2, -0.15) is 0 Å². The van der Waals surface area contributed by atoms with Crippen LogP contribution in [0.3, 0.4) is 0 Å². The Hall–Kier alpha value is -2.70. The highest BCUT2D eigenvalue weighted by molar-refractivity contribution is 5.73. The number of pyridine rings is 1. The number of carbonyl (C=O) groups excluding carboxylic acids is 1. The van der Waals surface area contributed by atoms with Crippen LogP contribution in [-0.4, -0.2) is 36.0 Å². The van der Waals surface area contributed by atoms with Crippen LogP contribution >= 0.6 is 0 Å². The standard InChI is InChI=1S/C17H19F2N3O2/c1-22(11-13-5-7-20-8-6-13)17(23)21-10-14-3-2-4-15(9-14)24-12-16(18)19/h2-9,16H,10-12H2,1H3,(H,21,23). The molecule has 1 aromatic heterocycles. The van der Waals surface area contributed by atoms with Crippen LogP contribution < -0.4 is 10.1 Å². The first-order valence-electron chi connectivity index (χ1n) is 7.42. The molecule has 0 aliphatic heterocycles. The average Bonchev–Trinajstić information content (AvgIpc) is 2.59. The van der Waals surface area contributed by atoms with E-state index in [0.717, 1.165) is 11.1 Å². The SMILES string of the molecule is CN(Cc1ccncc1)C(=O)NCc1cccc(OCC(F)F)c1. The number of carbonyl (C=O) groups is 1. The van der Waals surface area contributed by atoms with Crippen LogP contribution in [0.25, 0.3) is 0 Å². The lowest BCUT2D eigenvalue weighted by atomic mass is 10.2. The van der Waals surface area contributed by atoms with Crippen LogP contribution in [0, 0.1) is 0 Å². The maximum Gasteiger partial charge on any atom is 0.317 e. The third-order valence-corrected chi connectivity index (χ3v) is 3.23. The first-order chi connectivity index (χ1) is 11.5. The number of alkyl halides is 2. The lowest BCUT2D eigenvalue weighted by Crippen LogP contribution is -2.36. The van der Waals surface area contributed by atoms with Gasteiger partial charge in [0.2, 0.25) is 0 Å². The fourth-order valence-corrected chi connectivity index (χ4v) is 2.05. The number of benzene rings is 1. The van der Waals surface area contributed by atoms with Gasteiger partial charge in [0, 0.05) is 32.5 Å².